The first-order valence-corrected chi connectivity index (χ1v) is 25.4. The number of aromatic nitrogens is 2. The molecule has 20 heteroatoms. The number of amides is 4. The Morgan fingerprint density at radius 3 is 1.76 bits per heavy atom. The van der Waals surface area contributed by atoms with Gasteiger partial charge in [-0.05, 0) is 54.4 Å². The van der Waals surface area contributed by atoms with Crippen molar-refractivity contribution in [3.63, 3.8) is 0 Å². The molecule has 19 nitrogen and oxygen atoms in total. The molecule has 7 N–H and O–H groups in total. The second kappa shape index (κ2) is 32.8. The van der Waals surface area contributed by atoms with Crippen LogP contribution in [0.3, 0.4) is 0 Å². The van der Waals surface area contributed by atoms with E-state index in [4.69, 9.17) is 0 Å². The molecule has 1 heterocycles. The molecule has 0 spiro atoms. The minimum atomic E-state index is -1.42. The lowest BCUT2D eigenvalue weighted by atomic mass is 9.97. The highest BCUT2D eigenvalue weighted by Crippen LogP contribution is 2.29. The fourth-order valence-electron chi connectivity index (χ4n) is 7.47. The number of nitro groups is 1. The number of hydrogen-bond acceptors (Lipinski definition) is 14. The summed E-state index contributed by atoms with van der Waals surface area (Å²) in [7, 11) is 0. The number of nitrogens with zero attached hydrogens (tertiary/aromatic N) is 3. The summed E-state index contributed by atoms with van der Waals surface area (Å²) in [6.07, 6.45) is 16.7. The first-order valence-electron chi connectivity index (χ1n) is 24.5. The van der Waals surface area contributed by atoms with Crippen molar-refractivity contribution >= 4 is 68.9 Å². The summed E-state index contributed by atoms with van der Waals surface area (Å²) in [5, 5.41) is 52.5. The van der Waals surface area contributed by atoms with Crippen LogP contribution in [0.1, 0.15) is 170 Å². The first kappa shape index (κ1) is 58.3. The number of nitro benzene ring substituents is 1. The van der Waals surface area contributed by atoms with E-state index in [1.807, 2.05) is 0 Å². The van der Waals surface area contributed by atoms with Crippen molar-refractivity contribution in [3.05, 3.63) is 22.2 Å². The monoisotopic (exact) mass is 963 g/mol. The Morgan fingerprint density at radius 1 is 0.672 bits per heavy atom. The average Bonchev–Trinajstić information content (AvgIpc) is 3.80. The molecule has 378 valence electrons. The van der Waals surface area contributed by atoms with Gasteiger partial charge in [0.25, 0.3) is 0 Å². The molecule has 0 radical (unpaired) electrons. The molecule has 0 fully saturated rings. The Balaban J connectivity index is 1.97. The van der Waals surface area contributed by atoms with Crippen molar-refractivity contribution in [1.29, 1.82) is 0 Å². The summed E-state index contributed by atoms with van der Waals surface area (Å²) in [6, 6.07) is -2.39. The van der Waals surface area contributed by atoms with Crippen LogP contribution >= 0.6 is 11.8 Å². The number of rotatable bonds is 37. The molecule has 2 aromatic rings. The van der Waals surface area contributed by atoms with Gasteiger partial charge >= 0.3 is 11.7 Å². The first-order chi connectivity index (χ1) is 32.1. The summed E-state index contributed by atoms with van der Waals surface area (Å²) < 4.78 is 4.69. The highest BCUT2D eigenvalue weighted by molar-refractivity contribution is 8.13. The SMILES string of the molecule is CCCCCCCCCCCCCCCC(=O)SC[C@H](NC(=O)[C@@H](NC(=O)[C@@H](NC(=O)CCCCCNc1ccc([N+](=O)[O-])c2nonc12)[C@@H](C)O)[C@@H](C)CC)C(=O)N[C@H](C(=O)O)[C@@H](C)CC. The largest absolute Gasteiger partial charge is 0.480 e. The van der Waals surface area contributed by atoms with Crippen LogP contribution in [-0.2, 0) is 28.8 Å². The second-order valence-electron chi connectivity index (χ2n) is 17.7. The number of non-ortho nitro benzene ring substituents is 1. The van der Waals surface area contributed by atoms with Gasteiger partial charge < -0.3 is 36.8 Å². The third-order valence-electron chi connectivity index (χ3n) is 12.2. The van der Waals surface area contributed by atoms with Crippen LogP contribution in [-0.4, -0.2) is 103 Å². The van der Waals surface area contributed by atoms with E-state index in [2.05, 4.69) is 48.5 Å². The van der Waals surface area contributed by atoms with Crippen LogP contribution in [0.15, 0.2) is 16.8 Å². The van der Waals surface area contributed by atoms with Crippen LogP contribution in [0, 0.1) is 22.0 Å². The number of aliphatic hydroxyl groups excluding tert-OH is 1. The number of anilines is 1. The topological polar surface area (TPSA) is 285 Å². The van der Waals surface area contributed by atoms with E-state index >= 15 is 0 Å². The molecular formula is C47H78N8O11S. The third kappa shape index (κ3) is 21.8. The van der Waals surface area contributed by atoms with E-state index in [-0.39, 0.29) is 34.0 Å². The van der Waals surface area contributed by atoms with E-state index in [9.17, 15) is 49.1 Å². The summed E-state index contributed by atoms with van der Waals surface area (Å²) in [5.41, 5.74) is 0.525. The minimum absolute atomic E-state index is 0.0248. The normalized spacial score (nSPS) is 14.5. The summed E-state index contributed by atoms with van der Waals surface area (Å²) in [6.45, 7) is 11.0. The number of hydrogen-bond donors (Lipinski definition) is 7. The van der Waals surface area contributed by atoms with Gasteiger partial charge in [0.2, 0.25) is 29.1 Å². The highest BCUT2D eigenvalue weighted by atomic mass is 32.2. The van der Waals surface area contributed by atoms with E-state index in [0.29, 0.717) is 57.2 Å². The summed E-state index contributed by atoms with van der Waals surface area (Å²) in [5.74, 6) is -5.17. The summed E-state index contributed by atoms with van der Waals surface area (Å²) >= 11 is 0.894. The van der Waals surface area contributed by atoms with Gasteiger partial charge in [-0.25, -0.2) is 9.42 Å². The van der Waals surface area contributed by atoms with Crippen molar-refractivity contribution in [2.45, 2.75) is 200 Å². The van der Waals surface area contributed by atoms with Crippen LogP contribution in [0.2, 0.25) is 0 Å². The molecule has 7 atom stereocenters. The Morgan fingerprint density at radius 2 is 1.19 bits per heavy atom. The lowest BCUT2D eigenvalue weighted by Crippen LogP contribution is -2.61. The van der Waals surface area contributed by atoms with E-state index in [0.717, 1.165) is 31.0 Å². The van der Waals surface area contributed by atoms with Crippen molar-refractivity contribution in [1.82, 2.24) is 31.6 Å². The minimum Gasteiger partial charge on any atom is -0.480 e. The predicted octanol–water partition coefficient (Wildman–Crippen LogP) is 7.34. The Bertz CT molecular complexity index is 1850. The van der Waals surface area contributed by atoms with Crippen molar-refractivity contribution in [3.8, 4) is 0 Å². The molecule has 2 rings (SSSR count). The molecule has 0 saturated heterocycles. The number of benzene rings is 1. The number of thioether (sulfide) groups is 1. The maximum Gasteiger partial charge on any atom is 0.326 e. The van der Waals surface area contributed by atoms with Gasteiger partial charge in [0.15, 0.2) is 10.6 Å². The molecule has 0 bridgehead atoms. The number of fused-ring (bicyclic) bond motifs is 1. The maximum atomic E-state index is 14.0. The zero-order chi connectivity index (χ0) is 49.7. The summed E-state index contributed by atoms with van der Waals surface area (Å²) in [4.78, 5) is 90.1. The molecule has 0 aliphatic carbocycles. The molecular weight excluding hydrogens is 885 g/mol. The van der Waals surface area contributed by atoms with Crippen LogP contribution in [0.4, 0.5) is 11.4 Å². The van der Waals surface area contributed by atoms with Gasteiger partial charge in [0.1, 0.15) is 24.2 Å². The van der Waals surface area contributed by atoms with E-state index < -0.39 is 76.6 Å². The number of unbranched alkanes of at least 4 members (excludes halogenated alkanes) is 14. The number of nitrogens with one attached hydrogen (secondary N) is 5. The smallest absolute Gasteiger partial charge is 0.326 e. The Hall–Kier alpha value is -4.85. The van der Waals surface area contributed by atoms with E-state index in [1.165, 1.54) is 76.8 Å². The van der Waals surface area contributed by atoms with Crippen molar-refractivity contribution in [2.24, 2.45) is 11.8 Å². The number of aliphatic hydroxyl groups is 1. The number of carbonyl (C=O) groups is 6. The quantitative estimate of drug-likeness (QED) is 0.0198. The highest BCUT2D eigenvalue weighted by Gasteiger charge is 2.35. The number of carbonyl (C=O) groups excluding carboxylic acids is 5. The van der Waals surface area contributed by atoms with Gasteiger partial charge in [0, 0.05) is 31.2 Å². The molecule has 4 amide bonds. The predicted molar refractivity (Wildman–Crippen MR) is 259 cm³/mol. The van der Waals surface area contributed by atoms with Gasteiger partial charge in [-0.2, -0.15) is 0 Å². The molecule has 0 unspecified atom stereocenters. The zero-order valence-electron chi connectivity index (χ0n) is 40.6. The lowest BCUT2D eigenvalue weighted by Gasteiger charge is -2.29. The van der Waals surface area contributed by atoms with Crippen molar-refractivity contribution < 1.29 is 48.5 Å². The molecule has 0 saturated carbocycles. The fraction of sp³-hybridized carbons (Fsp3) is 0.745. The zero-order valence-corrected chi connectivity index (χ0v) is 41.4. The molecule has 0 aliphatic heterocycles. The van der Waals surface area contributed by atoms with Gasteiger partial charge in [-0.1, -0.05) is 143 Å². The second-order valence-corrected chi connectivity index (χ2v) is 18.8. The van der Waals surface area contributed by atoms with Gasteiger partial charge in [-0.15, -0.1) is 0 Å². The molecule has 0 aliphatic rings. The van der Waals surface area contributed by atoms with Crippen LogP contribution in [0.25, 0.3) is 11.0 Å². The molecule has 1 aromatic heterocycles. The number of carboxylic acids is 1. The standard InChI is InChI=1S/C47H78N8O11S/c1-7-10-11-12-13-14-15-16-17-18-19-20-23-26-38(58)67-30-35(44(59)52-40(47(62)63)32(5)9-3)49-45(60)39(31(4)8-2)51-46(61)41(33(6)56)50-37(57)25-22-21-24-29-48-34-27-28-36(55(64)65)43-42(34)53-66-54-43/h27-28,31-33,35,39-41,48,56H,7-26,29-30H2,1-6H3,(H,49,60)(H,50,57)(H,51,61)(H,52,59)(H,62,63)/t31-,32-,33+,35-,39-,40-,41-/m0/s1. The van der Waals surface area contributed by atoms with Crippen LogP contribution in [0.5, 0.6) is 0 Å². The maximum absolute atomic E-state index is 14.0. The van der Waals surface area contributed by atoms with Crippen LogP contribution < -0.4 is 26.6 Å². The number of aliphatic carboxylic acids is 1. The van der Waals surface area contributed by atoms with Gasteiger partial charge in [0.05, 0.1) is 16.7 Å². The lowest BCUT2D eigenvalue weighted by molar-refractivity contribution is -0.383. The third-order valence-corrected chi connectivity index (χ3v) is 13.2. The molecule has 1 aromatic carbocycles. The number of carboxylic acid groups (broad SMARTS) is 1. The van der Waals surface area contributed by atoms with E-state index in [1.54, 1.807) is 27.7 Å². The fourth-order valence-corrected chi connectivity index (χ4v) is 8.34. The molecule has 67 heavy (non-hydrogen) atoms. The average molecular weight is 963 g/mol. The van der Waals surface area contributed by atoms with Gasteiger partial charge in [-0.3, -0.25) is 34.1 Å². The Labute approximate surface area is 399 Å². The van der Waals surface area contributed by atoms with Crippen molar-refractivity contribution in [2.75, 3.05) is 17.6 Å². The Kier molecular flexibility index (Phi) is 28.5.